The molecule has 0 aliphatic heterocycles. The van der Waals surface area contributed by atoms with Crippen molar-refractivity contribution < 1.29 is 18.8 Å². The van der Waals surface area contributed by atoms with Crippen molar-refractivity contribution in [3.8, 4) is 5.75 Å². The maximum atomic E-state index is 12.7. The lowest BCUT2D eigenvalue weighted by Gasteiger charge is -2.06. The number of hydrogen-bond donors (Lipinski definition) is 1. The van der Waals surface area contributed by atoms with Gasteiger partial charge in [0.1, 0.15) is 18.2 Å². The number of hydrogen-bond acceptors (Lipinski definition) is 4. The second-order valence-electron chi connectivity index (χ2n) is 4.78. The molecule has 7 heteroatoms. The highest BCUT2D eigenvalue weighted by Gasteiger charge is 2.02. The van der Waals surface area contributed by atoms with Gasteiger partial charge < -0.3 is 10.1 Å². The van der Waals surface area contributed by atoms with Gasteiger partial charge in [0, 0.05) is 18.2 Å². The monoisotopic (exact) mass is 330 g/mol. The molecule has 0 saturated carbocycles. The van der Waals surface area contributed by atoms with Gasteiger partial charge in [-0.3, -0.25) is 14.9 Å². The molecule has 1 amide bonds. The van der Waals surface area contributed by atoms with Crippen molar-refractivity contribution in [1.82, 2.24) is 5.32 Å². The molecule has 124 valence electrons. The summed E-state index contributed by atoms with van der Waals surface area (Å²) in [6.45, 7) is 0.545. The summed E-state index contributed by atoms with van der Waals surface area (Å²) in [7, 11) is 0. The largest absolute Gasteiger partial charge is 0.492 e. The topological polar surface area (TPSA) is 81.5 Å². The van der Waals surface area contributed by atoms with Gasteiger partial charge in [0.25, 0.3) is 5.69 Å². The van der Waals surface area contributed by atoms with E-state index in [1.807, 2.05) is 0 Å². The second kappa shape index (κ2) is 8.42. The molecular weight excluding hydrogens is 315 g/mol. The fraction of sp³-hybridized carbons (Fsp3) is 0.118. The molecule has 2 aromatic carbocycles. The van der Waals surface area contributed by atoms with Gasteiger partial charge in [-0.1, -0.05) is 0 Å². The van der Waals surface area contributed by atoms with E-state index in [1.54, 1.807) is 18.2 Å². The first-order valence-electron chi connectivity index (χ1n) is 7.13. The normalized spacial score (nSPS) is 10.5. The minimum absolute atomic E-state index is 0.00505. The predicted molar refractivity (Wildman–Crippen MR) is 87.0 cm³/mol. The molecule has 0 radical (unpaired) electrons. The maximum Gasteiger partial charge on any atom is 0.269 e. The molecule has 0 atom stereocenters. The van der Waals surface area contributed by atoms with Crippen LogP contribution in [0, 0.1) is 15.9 Å². The van der Waals surface area contributed by atoms with Gasteiger partial charge in [-0.05, 0) is 48.0 Å². The fourth-order valence-electron chi connectivity index (χ4n) is 1.81. The van der Waals surface area contributed by atoms with Crippen LogP contribution in [0.4, 0.5) is 10.1 Å². The van der Waals surface area contributed by atoms with Gasteiger partial charge >= 0.3 is 0 Å². The Labute approximate surface area is 137 Å². The van der Waals surface area contributed by atoms with Crippen molar-refractivity contribution in [1.29, 1.82) is 0 Å². The number of ether oxygens (including phenoxy) is 1. The summed E-state index contributed by atoms with van der Waals surface area (Å²) in [5.41, 5.74) is 0.674. The number of rotatable bonds is 7. The minimum atomic E-state index is -0.485. The number of nitro benzene ring substituents is 1. The van der Waals surface area contributed by atoms with E-state index in [4.69, 9.17) is 4.74 Å². The molecule has 0 aliphatic rings. The summed E-state index contributed by atoms with van der Waals surface area (Å²) >= 11 is 0. The zero-order valence-electron chi connectivity index (χ0n) is 12.6. The van der Waals surface area contributed by atoms with Crippen molar-refractivity contribution in [2.75, 3.05) is 13.2 Å². The third kappa shape index (κ3) is 5.53. The summed E-state index contributed by atoms with van der Waals surface area (Å²) in [5.74, 6) is -0.129. The average molecular weight is 330 g/mol. The molecule has 0 aliphatic carbocycles. The van der Waals surface area contributed by atoms with Crippen LogP contribution in [0.3, 0.4) is 0 Å². The van der Waals surface area contributed by atoms with Crippen molar-refractivity contribution in [3.05, 3.63) is 76.1 Å². The third-order valence-electron chi connectivity index (χ3n) is 3.01. The SMILES string of the molecule is O=C(/C=C/c1ccc([N+](=O)[O-])cc1)NCCOc1ccc(F)cc1. The summed E-state index contributed by atoms with van der Waals surface area (Å²) in [4.78, 5) is 21.7. The second-order valence-corrected chi connectivity index (χ2v) is 4.78. The molecule has 0 fully saturated rings. The molecule has 24 heavy (non-hydrogen) atoms. The smallest absolute Gasteiger partial charge is 0.269 e. The van der Waals surface area contributed by atoms with Crippen LogP contribution in [-0.2, 0) is 4.79 Å². The Morgan fingerprint density at radius 1 is 1.17 bits per heavy atom. The first-order valence-corrected chi connectivity index (χ1v) is 7.13. The number of halogens is 1. The van der Waals surface area contributed by atoms with Gasteiger partial charge in [0.05, 0.1) is 11.5 Å². The Morgan fingerprint density at radius 2 is 1.83 bits per heavy atom. The Bertz CT molecular complexity index is 727. The van der Waals surface area contributed by atoms with Crippen molar-refractivity contribution in [3.63, 3.8) is 0 Å². The zero-order chi connectivity index (χ0) is 17.4. The van der Waals surface area contributed by atoms with E-state index in [1.165, 1.54) is 42.5 Å². The van der Waals surface area contributed by atoms with E-state index >= 15 is 0 Å². The van der Waals surface area contributed by atoms with Crippen LogP contribution in [0.5, 0.6) is 5.75 Å². The number of amides is 1. The van der Waals surface area contributed by atoms with Crippen LogP contribution in [0.15, 0.2) is 54.6 Å². The van der Waals surface area contributed by atoms with E-state index < -0.39 is 4.92 Å². The van der Waals surface area contributed by atoms with E-state index in [2.05, 4.69) is 5.32 Å². The van der Waals surface area contributed by atoms with E-state index in [-0.39, 0.29) is 24.0 Å². The van der Waals surface area contributed by atoms with Crippen molar-refractivity contribution in [2.45, 2.75) is 0 Å². The first-order chi connectivity index (χ1) is 11.5. The van der Waals surface area contributed by atoms with E-state index in [9.17, 15) is 19.3 Å². The number of nitro groups is 1. The molecule has 6 nitrogen and oxygen atoms in total. The van der Waals surface area contributed by atoms with Gasteiger partial charge in [-0.2, -0.15) is 0 Å². The highest BCUT2D eigenvalue weighted by molar-refractivity contribution is 5.91. The number of benzene rings is 2. The molecule has 0 bridgehead atoms. The summed E-state index contributed by atoms with van der Waals surface area (Å²) < 4.78 is 18.1. The summed E-state index contributed by atoms with van der Waals surface area (Å²) in [5, 5.41) is 13.2. The molecule has 2 aromatic rings. The number of carbonyl (C=O) groups excluding carboxylic acids is 1. The Morgan fingerprint density at radius 3 is 2.46 bits per heavy atom. The van der Waals surface area contributed by atoms with Crippen LogP contribution >= 0.6 is 0 Å². The predicted octanol–water partition coefficient (Wildman–Crippen LogP) is 2.94. The molecule has 0 saturated heterocycles. The quantitative estimate of drug-likeness (QED) is 0.366. The molecule has 2 rings (SSSR count). The number of non-ortho nitro benzene ring substituents is 1. The van der Waals surface area contributed by atoms with Crippen LogP contribution in [0.25, 0.3) is 6.08 Å². The molecule has 0 heterocycles. The molecule has 0 unspecified atom stereocenters. The lowest BCUT2D eigenvalue weighted by molar-refractivity contribution is -0.384. The lowest BCUT2D eigenvalue weighted by atomic mass is 10.2. The zero-order valence-corrected chi connectivity index (χ0v) is 12.6. The van der Waals surface area contributed by atoms with Crippen molar-refractivity contribution >= 4 is 17.7 Å². The number of nitrogens with one attached hydrogen (secondary N) is 1. The lowest BCUT2D eigenvalue weighted by Crippen LogP contribution is -2.26. The highest BCUT2D eigenvalue weighted by Crippen LogP contribution is 2.13. The van der Waals surface area contributed by atoms with Gasteiger partial charge in [0.2, 0.25) is 5.91 Å². The number of nitrogens with zero attached hydrogens (tertiary/aromatic N) is 1. The van der Waals surface area contributed by atoms with Crippen LogP contribution in [0.2, 0.25) is 0 Å². The highest BCUT2D eigenvalue weighted by atomic mass is 19.1. The molecule has 1 N–H and O–H groups in total. The first kappa shape index (κ1) is 17.1. The maximum absolute atomic E-state index is 12.7. The average Bonchev–Trinajstić information content (AvgIpc) is 2.59. The van der Waals surface area contributed by atoms with E-state index in [0.29, 0.717) is 17.9 Å². The summed E-state index contributed by atoms with van der Waals surface area (Å²) in [6, 6.07) is 11.4. The van der Waals surface area contributed by atoms with Crippen LogP contribution < -0.4 is 10.1 Å². The molecular formula is C17H15FN2O4. The fourth-order valence-corrected chi connectivity index (χ4v) is 1.81. The van der Waals surface area contributed by atoms with Gasteiger partial charge in [-0.15, -0.1) is 0 Å². The molecule has 0 spiro atoms. The van der Waals surface area contributed by atoms with Crippen LogP contribution in [-0.4, -0.2) is 24.0 Å². The minimum Gasteiger partial charge on any atom is -0.492 e. The standard InChI is InChI=1S/C17H15FN2O4/c18-14-4-8-16(9-5-14)24-12-11-19-17(21)10-3-13-1-6-15(7-2-13)20(22)23/h1-10H,11-12H2,(H,19,21)/b10-3+. The van der Waals surface area contributed by atoms with E-state index in [0.717, 1.165) is 0 Å². The third-order valence-corrected chi connectivity index (χ3v) is 3.01. The van der Waals surface area contributed by atoms with Gasteiger partial charge in [-0.25, -0.2) is 4.39 Å². The Balaban J connectivity index is 1.72. The molecule has 0 aromatic heterocycles. The van der Waals surface area contributed by atoms with Crippen LogP contribution in [0.1, 0.15) is 5.56 Å². The van der Waals surface area contributed by atoms with Crippen molar-refractivity contribution in [2.24, 2.45) is 0 Å². The summed E-state index contributed by atoms with van der Waals surface area (Å²) in [6.07, 6.45) is 2.89. The number of carbonyl (C=O) groups is 1. The Kier molecular flexibility index (Phi) is 6.01. The Hall–Kier alpha value is -3.22. The van der Waals surface area contributed by atoms with Gasteiger partial charge in [0.15, 0.2) is 0 Å².